The molecule has 3 heterocycles. The number of rotatable bonds is 16. The number of carbonyl (C=O) groups excluding carboxylic acids is 3. The summed E-state index contributed by atoms with van der Waals surface area (Å²) in [4.78, 5) is 46.3. The zero-order chi connectivity index (χ0) is 51.3. The normalized spacial score (nSPS) is 27.1. The van der Waals surface area contributed by atoms with Crippen molar-refractivity contribution in [2.75, 3.05) is 25.6 Å². The number of hydrogen-bond donors (Lipinski definition) is 6. The monoisotopic (exact) mass is 972 g/mol. The number of Topliss-reactive ketones (excluding diaryl/α,β-unsaturated/α-hetero) is 1. The minimum absolute atomic E-state index is 0.0368. The molecule has 382 valence electrons. The number of allylic oxidation sites excluding steroid dienone is 2. The van der Waals surface area contributed by atoms with Gasteiger partial charge in [0, 0.05) is 61.2 Å². The Kier molecular flexibility index (Phi) is 19.7. The van der Waals surface area contributed by atoms with Gasteiger partial charge < -0.3 is 59.4 Å². The summed E-state index contributed by atoms with van der Waals surface area (Å²) in [5.41, 5.74) is -0.575. The molecule has 1 amide bonds. The molecular weight excluding hydrogens is 901 g/mol. The Labute approximate surface area is 410 Å². The third-order valence-corrected chi connectivity index (χ3v) is 13.4. The average Bonchev–Trinajstić information content (AvgIpc) is 3.60. The van der Waals surface area contributed by atoms with Gasteiger partial charge in [0.1, 0.15) is 35.7 Å². The van der Waals surface area contributed by atoms with Crippen molar-refractivity contribution in [3.05, 3.63) is 83.2 Å². The Balaban J connectivity index is 1.43. The second kappa shape index (κ2) is 25.1. The van der Waals surface area contributed by atoms with Gasteiger partial charge >= 0.3 is 11.8 Å². The number of carbonyl (C=O) groups is 3. The minimum Gasteiger partial charge on any atom is -0.507 e. The molecule has 3 aliphatic rings. The fourth-order valence-electron chi connectivity index (χ4n) is 9.05. The van der Waals surface area contributed by atoms with Gasteiger partial charge in [0.2, 0.25) is 0 Å². The van der Waals surface area contributed by atoms with Gasteiger partial charge in [0.15, 0.2) is 5.75 Å². The molecule has 0 aliphatic carbocycles. The number of nitrogens with zero attached hydrogens (tertiary/aromatic N) is 1. The van der Waals surface area contributed by atoms with E-state index in [1.807, 2.05) is 30.3 Å². The topological polar surface area (TPSA) is 232 Å². The maximum absolute atomic E-state index is 14.5. The van der Waals surface area contributed by atoms with Gasteiger partial charge in [-0.1, -0.05) is 101 Å². The standard InChI is InChI=1S/C54H72N2O14/c1-31-22-21-23-32(2)53(64)56-44-39(30-55-68-28-20-15-13-11-10-12-14-19-27-66-38-24-17-16-18-25-38)48(61)41-42(49(44)62)47(60)36(6)51-43(41)52(63)54(8,70-51)67-29-26-40(65-9)33(3)50(69-37(7)57)35(5)46(59)34(4)45(31)58/h16-18,21-26,29-31,33-35,40,45-46,50,58-62H,10-15,19-20,27-28H2,1-9H3,(H,56,64)/b22-21+,29-26+,32-23+,55-30+/t31-,33+,34+,35+,40-,45-,46+,50+,54-/m0/s1. The number of phenols is 3. The lowest BCUT2D eigenvalue weighted by molar-refractivity contribution is -0.160. The van der Waals surface area contributed by atoms with Crippen molar-refractivity contribution in [1.29, 1.82) is 0 Å². The molecule has 0 spiro atoms. The van der Waals surface area contributed by atoms with Crippen molar-refractivity contribution in [3.63, 3.8) is 0 Å². The molecule has 6 rings (SSSR count). The number of aliphatic hydroxyl groups is 2. The van der Waals surface area contributed by atoms with E-state index in [2.05, 4.69) is 10.5 Å². The molecule has 9 atom stereocenters. The van der Waals surface area contributed by atoms with Crippen LogP contribution in [0.4, 0.5) is 5.69 Å². The number of aliphatic hydroxyl groups excluding tert-OH is 2. The number of aromatic hydroxyl groups is 3. The summed E-state index contributed by atoms with van der Waals surface area (Å²) in [5.74, 6) is -7.75. The molecule has 3 aromatic carbocycles. The highest BCUT2D eigenvalue weighted by Crippen LogP contribution is 2.55. The van der Waals surface area contributed by atoms with E-state index in [1.165, 1.54) is 53.2 Å². The van der Waals surface area contributed by atoms with Crippen LogP contribution in [0, 0.1) is 30.6 Å². The summed E-state index contributed by atoms with van der Waals surface area (Å²) in [6.07, 6.45) is 12.6. The Morgan fingerprint density at radius 3 is 2.11 bits per heavy atom. The van der Waals surface area contributed by atoms with Gasteiger partial charge in [-0.05, 0) is 51.3 Å². The van der Waals surface area contributed by atoms with Crippen molar-refractivity contribution >= 4 is 40.3 Å². The van der Waals surface area contributed by atoms with E-state index in [-0.39, 0.29) is 51.1 Å². The lowest BCUT2D eigenvalue weighted by atomic mass is 9.78. The predicted molar refractivity (Wildman–Crippen MR) is 266 cm³/mol. The first-order valence-electron chi connectivity index (χ1n) is 24.3. The number of unbranched alkanes of at least 4 members (excludes halogenated alkanes) is 7. The molecule has 0 radical (unpaired) electrons. The fourth-order valence-corrected chi connectivity index (χ4v) is 9.05. The van der Waals surface area contributed by atoms with E-state index >= 15 is 0 Å². The molecule has 16 nitrogen and oxygen atoms in total. The van der Waals surface area contributed by atoms with E-state index in [0.717, 1.165) is 56.9 Å². The van der Waals surface area contributed by atoms with Crippen molar-refractivity contribution in [1.82, 2.24) is 0 Å². The smallest absolute Gasteiger partial charge is 0.312 e. The summed E-state index contributed by atoms with van der Waals surface area (Å²) < 4.78 is 29.4. The highest BCUT2D eigenvalue weighted by molar-refractivity contribution is 6.23. The summed E-state index contributed by atoms with van der Waals surface area (Å²) in [5, 5.41) is 64.8. The quantitative estimate of drug-likeness (QED) is 0.0196. The fraction of sp³-hybridized carbons (Fsp3) is 0.519. The van der Waals surface area contributed by atoms with Crippen molar-refractivity contribution in [2.45, 2.75) is 137 Å². The number of ether oxygens (including phenoxy) is 5. The lowest BCUT2D eigenvalue weighted by Gasteiger charge is -2.38. The van der Waals surface area contributed by atoms with Crippen LogP contribution < -0.4 is 14.8 Å². The van der Waals surface area contributed by atoms with Gasteiger partial charge in [0.05, 0.1) is 59.6 Å². The number of methoxy groups -OCH3 is 1. The Morgan fingerprint density at radius 1 is 0.829 bits per heavy atom. The number of esters is 1. The first-order chi connectivity index (χ1) is 33.3. The number of amides is 1. The Morgan fingerprint density at radius 2 is 1.47 bits per heavy atom. The van der Waals surface area contributed by atoms with Crippen LogP contribution in [0.2, 0.25) is 0 Å². The molecule has 3 aromatic rings. The first kappa shape index (κ1) is 54.8. The molecule has 0 unspecified atom stereocenters. The van der Waals surface area contributed by atoms with E-state index in [1.54, 1.807) is 39.8 Å². The van der Waals surface area contributed by atoms with Crippen LogP contribution in [-0.2, 0) is 28.6 Å². The molecule has 0 saturated heterocycles. The summed E-state index contributed by atoms with van der Waals surface area (Å²) in [6, 6.07) is 9.78. The molecule has 3 aliphatic heterocycles. The average molecular weight is 973 g/mol. The number of nitrogens with one attached hydrogen (secondary N) is 1. The highest BCUT2D eigenvalue weighted by atomic mass is 16.7. The van der Waals surface area contributed by atoms with E-state index in [4.69, 9.17) is 28.5 Å². The molecular formula is C54H72N2O14. The third-order valence-electron chi connectivity index (χ3n) is 13.4. The number of phenolic OH excluding ortho intramolecular Hbond substituents is 3. The Hall–Kier alpha value is -6.10. The van der Waals surface area contributed by atoms with E-state index < -0.39 is 88.8 Å². The third kappa shape index (κ3) is 13.0. The van der Waals surface area contributed by atoms with E-state index in [9.17, 15) is 39.9 Å². The van der Waals surface area contributed by atoms with Gasteiger partial charge in [-0.2, -0.15) is 0 Å². The van der Waals surface area contributed by atoms with Crippen LogP contribution in [0.25, 0.3) is 10.8 Å². The molecule has 0 aromatic heterocycles. The van der Waals surface area contributed by atoms with Crippen LogP contribution in [0.15, 0.2) is 71.6 Å². The summed E-state index contributed by atoms with van der Waals surface area (Å²) in [6.45, 7) is 13.4. The van der Waals surface area contributed by atoms with Crippen LogP contribution in [0.1, 0.15) is 121 Å². The second-order valence-electron chi connectivity index (χ2n) is 18.7. The lowest BCUT2D eigenvalue weighted by Crippen LogP contribution is -2.46. The van der Waals surface area contributed by atoms with Crippen molar-refractivity contribution < 1.29 is 68.4 Å². The largest absolute Gasteiger partial charge is 0.507 e. The second-order valence-corrected chi connectivity index (χ2v) is 18.7. The predicted octanol–water partition coefficient (Wildman–Crippen LogP) is 9.30. The molecule has 70 heavy (non-hydrogen) atoms. The van der Waals surface area contributed by atoms with Crippen LogP contribution in [0.5, 0.6) is 28.7 Å². The van der Waals surface area contributed by atoms with Crippen LogP contribution >= 0.6 is 0 Å². The highest BCUT2D eigenvalue weighted by Gasteiger charge is 2.50. The minimum atomic E-state index is -2.07. The first-order valence-corrected chi connectivity index (χ1v) is 24.3. The number of para-hydroxylation sites is 1. The molecule has 0 fully saturated rings. The van der Waals surface area contributed by atoms with E-state index in [0.29, 0.717) is 13.0 Å². The van der Waals surface area contributed by atoms with Crippen molar-refractivity contribution in [3.8, 4) is 28.7 Å². The number of fused-ring (bicyclic) bond motifs is 14. The molecule has 0 saturated carbocycles. The van der Waals surface area contributed by atoms with Gasteiger partial charge in [-0.25, -0.2) is 0 Å². The van der Waals surface area contributed by atoms with Crippen LogP contribution in [0.3, 0.4) is 0 Å². The van der Waals surface area contributed by atoms with Crippen LogP contribution in [-0.4, -0.2) is 99.9 Å². The van der Waals surface area contributed by atoms with Crippen molar-refractivity contribution in [2.24, 2.45) is 28.8 Å². The SMILES string of the molecule is CO[C@H]1/C=C/O[C@@]2(C)Oc3c(C)c(O)c4c(O)c(c(/C=N/OCCCCCCCCCCOc5ccccc5)c(O)c4c3C2=O)NC(=O)/C(C)=C/C=C/[C@H](C)[C@H](O)[C@@H](C)[C@@H](O)[C@@H](C)[C@H](OC(C)=O)[C@@H]1C. The summed E-state index contributed by atoms with van der Waals surface area (Å²) in [7, 11) is 1.43. The maximum atomic E-state index is 14.5. The number of oxime groups is 1. The van der Waals surface area contributed by atoms with Gasteiger partial charge in [-0.3, -0.25) is 14.4 Å². The Bertz CT molecular complexity index is 2410. The van der Waals surface area contributed by atoms with Gasteiger partial charge in [0.25, 0.3) is 11.7 Å². The zero-order valence-electron chi connectivity index (χ0n) is 41.9. The van der Waals surface area contributed by atoms with Gasteiger partial charge in [-0.15, -0.1) is 0 Å². The molecule has 16 heteroatoms. The number of benzene rings is 3. The number of anilines is 1. The number of hydrogen-bond acceptors (Lipinski definition) is 15. The summed E-state index contributed by atoms with van der Waals surface area (Å²) >= 11 is 0. The number of ketones is 1. The zero-order valence-corrected chi connectivity index (χ0v) is 41.9. The maximum Gasteiger partial charge on any atom is 0.312 e. The molecule has 6 N–H and O–H groups in total. The molecule has 5 bridgehead atoms.